The fourth-order valence-electron chi connectivity index (χ4n) is 2.40. The van der Waals surface area contributed by atoms with E-state index in [0.29, 0.717) is 6.61 Å². The minimum Gasteiger partial charge on any atom is -0.481 e. The highest BCUT2D eigenvalue weighted by Gasteiger charge is 2.31. The van der Waals surface area contributed by atoms with E-state index in [4.69, 9.17) is 14.4 Å². The Morgan fingerprint density at radius 2 is 1.61 bits per heavy atom. The normalized spacial score (nSPS) is 12.2. The molecule has 2 aromatic rings. The Labute approximate surface area is 164 Å². The first-order valence-electron chi connectivity index (χ1n) is 8.81. The highest BCUT2D eigenvalue weighted by Crippen LogP contribution is 2.26. The molecular weight excluding hydrogens is 381 g/mol. The molecule has 2 rings (SSSR count). The molecule has 0 aromatic heterocycles. The lowest BCUT2D eigenvalue weighted by molar-refractivity contribution is -0.137. The molecule has 7 nitrogen and oxygen atoms in total. The Bertz CT molecular complexity index is 769. The van der Waals surface area contributed by atoms with Crippen LogP contribution in [0.25, 0.3) is 0 Å². The van der Waals surface area contributed by atoms with Gasteiger partial charge in [0.1, 0.15) is 0 Å². The highest BCUT2D eigenvalue weighted by atomic mass is 31.1. The van der Waals surface area contributed by atoms with Crippen molar-refractivity contribution in [1.29, 1.82) is 0 Å². The van der Waals surface area contributed by atoms with Crippen molar-refractivity contribution >= 4 is 19.9 Å². The van der Waals surface area contributed by atoms with Gasteiger partial charge in [-0.2, -0.15) is 0 Å². The fraction of sp³-hybridized carbons (Fsp3) is 0.300. The van der Waals surface area contributed by atoms with Crippen LogP contribution in [-0.2, 0) is 36.4 Å². The van der Waals surface area contributed by atoms with Crippen molar-refractivity contribution in [2.75, 3.05) is 12.9 Å². The maximum atomic E-state index is 12.4. The van der Waals surface area contributed by atoms with Gasteiger partial charge in [-0.15, -0.1) is 4.52 Å². The molecule has 0 heterocycles. The third-order valence-electron chi connectivity index (χ3n) is 3.75. The molecule has 0 saturated heterocycles. The van der Waals surface area contributed by atoms with Crippen molar-refractivity contribution in [2.45, 2.75) is 25.6 Å². The molecule has 28 heavy (non-hydrogen) atoms. The second-order valence-corrected chi connectivity index (χ2v) is 7.15. The topological polar surface area (TPSA) is 102 Å². The summed E-state index contributed by atoms with van der Waals surface area (Å²) in [7, 11) is -2.22. The largest absolute Gasteiger partial charge is 0.537 e. The van der Waals surface area contributed by atoms with Gasteiger partial charge in [0.25, 0.3) is 12.3 Å². The van der Waals surface area contributed by atoms with E-state index in [0.717, 1.165) is 11.1 Å². The smallest absolute Gasteiger partial charge is 0.481 e. The molecule has 148 valence electrons. The second kappa shape index (κ2) is 12.0. The molecule has 1 amide bonds. The number of hydrogen-bond donors (Lipinski definition) is 2. The lowest BCUT2D eigenvalue weighted by Gasteiger charge is -2.12. The molecule has 0 saturated carbocycles. The van der Waals surface area contributed by atoms with Gasteiger partial charge < -0.3 is 15.2 Å². The molecule has 0 aliphatic carbocycles. The summed E-state index contributed by atoms with van der Waals surface area (Å²) in [4.78, 5) is 23.0. The van der Waals surface area contributed by atoms with Crippen LogP contribution in [0.2, 0.25) is 0 Å². The van der Waals surface area contributed by atoms with Gasteiger partial charge in [0.05, 0.1) is 13.0 Å². The van der Waals surface area contributed by atoms with Crippen LogP contribution in [0.4, 0.5) is 0 Å². The number of rotatable bonds is 12. The lowest BCUT2D eigenvalue weighted by Crippen LogP contribution is -2.38. The molecule has 2 atom stereocenters. The second-order valence-electron chi connectivity index (χ2n) is 6.01. The Morgan fingerprint density at radius 1 is 1.00 bits per heavy atom. The molecule has 0 spiro atoms. The molecule has 1 unspecified atom stereocenters. The third kappa shape index (κ3) is 8.39. The summed E-state index contributed by atoms with van der Waals surface area (Å²) < 4.78 is 23.1. The van der Waals surface area contributed by atoms with Crippen LogP contribution < -0.4 is 5.32 Å². The molecular formula is C20H23NO6P+. The Morgan fingerprint density at radius 3 is 2.21 bits per heavy atom. The van der Waals surface area contributed by atoms with E-state index in [1.54, 1.807) is 0 Å². The summed E-state index contributed by atoms with van der Waals surface area (Å²) in [5.74, 6) is -1.52. The summed E-state index contributed by atoms with van der Waals surface area (Å²) >= 11 is 0. The van der Waals surface area contributed by atoms with Crippen LogP contribution in [0.1, 0.15) is 17.5 Å². The van der Waals surface area contributed by atoms with Crippen molar-refractivity contribution in [3.05, 3.63) is 71.8 Å². The van der Waals surface area contributed by atoms with Crippen LogP contribution in [0.15, 0.2) is 60.7 Å². The highest BCUT2D eigenvalue weighted by molar-refractivity contribution is 7.38. The van der Waals surface area contributed by atoms with Crippen LogP contribution in [0, 0.1) is 0 Å². The predicted octanol–water partition coefficient (Wildman–Crippen LogP) is 3.12. The average molecular weight is 404 g/mol. The van der Waals surface area contributed by atoms with Crippen LogP contribution in [0.3, 0.4) is 0 Å². The molecule has 8 heteroatoms. The van der Waals surface area contributed by atoms with Crippen molar-refractivity contribution < 1.29 is 28.5 Å². The number of nitrogens with one attached hydrogen (secondary N) is 1. The summed E-state index contributed by atoms with van der Waals surface area (Å²) in [5.41, 5.74) is 1.78. The van der Waals surface area contributed by atoms with Gasteiger partial charge in [0.2, 0.25) is 0 Å². The van der Waals surface area contributed by atoms with E-state index in [2.05, 4.69) is 5.32 Å². The number of carboxylic acid groups (broad SMARTS) is 1. The van der Waals surface area contributed by atoms with Gasteiger partial charge in [-0.05, 0) is 15.7 Å². The minimum atomic E-state index is -2.22. The predicted molar refractivity (Wildman–Crippen MR) is 104 cm³/mol. The van der Waals surface area contributed by atoms with Gasteiger partial charge >= 0.3 is 14.0 Å². The first-order chi connectivity index (χ1) is 13.5. The zero-order valence-electron chi connectivity index (χ0n) is 15.3. The molecule has 0 aliphatic heterocycles. The number of benzene rings is 2. The van der Waals surface area contributed by atoms with E-state index in [-0.39, 0.29) is 25.7 Å². The van der Waals surface area contributed by atoms with E-state index in [1.165, 1.54) is 0 Å². The SMILES string of the molecule is O=C(O)CCNC(=O)[C@H](Cc1ccccc1)O[P+](=O)COCc1ccccc1. The lowest BCUT2D eigenvalue weighted by atomic mass is 10.1. The molecule has 0 radical (unpaired) electrons. The Hall–Kier alpha value is -2.60. The number of carboxylic acids is 1. The van der Waals surface area contributed by atoms with E-state index >= 15 is 0 Å². The summed E-state index contributed by atoms with van der Waals surface area (Å²) in [6.45, 7) is 0.267. The number of carbonyl (C=O) groups excluding carboxylic acids is 1. The van der Waals surface area contributed by atoms with Crippen molar-refractivity contribution in [3.63, 3.8) is 0 Å². The molecule has 2 N–H and O–H groups in total. The van der Waals surface area contributed by atoms with Gasteiger partial charge in [-0.25, -0.2) is 0 Å². The van der Waals surface area contributed by atoms with Crippen molar-refractivity contribution in [1.82, 2.24) is 5.32 Å². The zero-order valence-corrected chi connectivity index (χ0v) is 16.2. The molecule has 0 bridgehead atoms. The van der Waals surface area contributed by atoms with Crippen LogP contribution in [-0.4, -0.2) is 36.0 Å². The van der Waals surface area contributed by atoms with E-state index in [9.17, 15) is 14.2 Å². The zero-order chi connectivity index (χ0) is 20.2. The van der Waals surface area contributed by atoms with Crippen LogP contribution >= 0.6 is 8.03 Å². The number of ether oxygens (including phenoxy) is 1. The van der Waals surface area contributed by atoms with Gasteiger partial charge in [0, 0.05) is 13.0 Å². The minimum absolute atomic E-state index is 0.0237. The van der Waals surface area contributed by atoms with E-state index < -0.39 is 26.0 Å². The maximum Gasteiger partial charge on any atom is 0.537 e. The summed E-state index contributed by atoms with van der Waals surface area (Å²) in [6, 6.07) is 18.6. The number of hydrogen-bond acceptors (Lipinski definition) is 5. The number of carbonyl (C=O) groups is 2. The molecule has 0 fully saturated rings. The first kappa shape index (κ1) is 21.7. The first-order valence-corrected chi connectivity index (χ1v) is 10.2. The Balaban J connectivity index is 1.88. The number of amides is 1. The Kier molecular flexibility index (Phi) is 9.28. The fourth-order valence-corrected chi connectivity index (χ4v) is 3.15. The standard InChI is InChI=1S/C20H22NO6P/c22-19(23)11-12-21-20(24)18(13-16-7-3-1-4-8-16)27-28(25)15-26-14-17-9-5-2-6-10-17/h1-10,18H,11-15H2,(H-,21,22,23,24)/p+1/t18-/m0/s1. The summed E-state index contributed by atoms with van der Waals surface area (Å²) in [5, 5.41) is 11.2. The quantitative estimate of drug-likeness (QED) is 0.527. The van der Waals surface area contributed by atoms with Gasteiger partial charge in [0.15, 0.2) is 6.10 Å². The van der Waals surface area contributed by atoms with Gasteiger partial charge in [-0.1, -0.05) is 60.7 Å². The number of aliphatic carboxylic acids is 1. The van der Waals surface area contributed by atoms with Crippen molar-refractivity contribution in [3.8, 4) is 0 Å². The maximum absolute atomic E-state index is 12.4. The molecule has 2 aromatic carbocycles. The average Bonchev–Trinajstić information content (AvgIpc) is 2.69. The third-order valence-corrected chi connectivity index (χ3v) is 4.63. The van der Waals surface area contributed by atoms with Crippen LogP contribution in [0.5, 0.6) is 0 Å². The van der Waals surface area contributed by atoms with Crippen molar-refractivity contribution in [2.24, 2.45) is 0 Å². The molecule has 0 aliphatic rings. The summed E-state index contributed by atoms with van der Waals surface area (Å²) in [6.07, 6.45) is -1.12. The van der Waals surface area contributed by atoms with Gasteiger partial charge in [-0.3, -0.25) is 9.59 Å². The monoisotopic (exact) mass is 404 g/mol. The van der Waals surface area contributed by atoms with E-state index in [1.807, 2.05) is 60.7 Å².